The zero-order chi connectivity index (χ0) is 13.3. The van der Waals surface area contributed by atoms with Crippen LogP contribution in [-0.2, 0) is 6.18 Å². The van der Waals surface area contributed by atoms with Gasteiger partial charge in [-0.05, 0) is 44.0 Å². The normalized spacial score (nSPS) is 11.6. The van der Waals surface area contributed by atoms with Crippen molar-refractivity contribution in [2.24, 2.45) is 0 Å². The minimum atomic E-state index is -4.40. The molecule has 1 aromatic carbocycles. The predicted octanol–water partition coefficient (Wildman–Crippen LogP) is 5.29. The highest BCUT2D eigenvalue weighted by atomic mass is 79.9. The van der Waals surface area contributed by atoms with E-state index in [0.29, 0.717) is 8.95 Å². The fraction of sp³-hybridized carbons (Fsp3) is 0.0833. The van der Waals surface area contributed by atoms with Crippen LogP contribution < -0.4 is 0 Å². The predicted molar refractivity (Wildman–Crippen MR) is 70.1 cm³/mol. The maximum Gasteiger partial charge on any atom is 0.417 e. The molecule has 0 N–H and O–H groups in total. The Kier molecular flexibility index (Phi) is 3.77. The molecule has 0 aliphatic rings. The maximum atomic E-state index is 12.9. The molecule has 1 nitrogen and oxygen atoms in total. The third kappa shape index (κ3) is 2.75. The van der Waals surface area contributed by atoms with Gasteiger partial charge in [-0.25, -0.2) is 0 Å². The number of hydrogen-bond acceptors (Lipinski definition) is 1. The van der Waals surface area contributed by atoms with E-state index in [-0.39, 0.29) is 11.3 Å². The molecule has 0 spiro atoms. The van der Waals surface area contributed by atoms with Gasteiger partial charge in [0, 0.05) is 20.7 Å². The Bertz CT molecular complexity index is 582. The highest BCUT2D eigenvalue weighted by molar-refractivity contribution is 9.11. The average molecular weight is 381 g/mol. The molecule has 0 aliphatic heterocycles. The van der Waals surface area contributed by atoms with Gasteiger partial charge < -0.3 is 0 Å². The van der Waals surface area contributed by atoms with Crippen LogP contribution in [0, 0.1) is 0 Å². The van der Waals surface area contributed by atoms with Crippen LogP contribution in [0.4, 0.5) is 13.2 Å². The lowest BCUT2D eigenvalue weighted by atomic mass is 10.0. The molecule has 0 fully saturated rings. The van der Waals surface area contributed by atoms with Gasteiger partial charge in [0.05, 0.1) is 11.3 Å². The van der Waals surface area contributed by atoms with Gasteiger partial charge >= 0.3 is 6.18 Å². The molecular formula is C12H6Br2F3N. The van der Waals surface area contributed by atoms with Crippen LogP contribution in [-0.4, -0.2) is 4.98 Å². The lowest BCUT2D eigenvalue weighted by Gasteiger charge is -2.13. The van der Waals surface area contributed by atoms with Crippen LogP contribution >= 0.6 is 31.9 Å². The highest BCUT2D eigenvalue weighted by Gasteiger charge is 2.34. The summed E-state index contributed by atoms with van der Waals surface area (Å²) in [7, 11) is 0. The summed E-state index contributed by atoms with van der Waals surface area (Å²) < 4.78 is 39.9. The molecule has 94 valence electrons. The van der Waals surface area contributed by atoms with E-state index >= 15 is 0 Å². The van der Waals surface area contributed by atoms with Gasteiger partial charge in [0.2, 0.25) is 0 Å². The molecular weight excluding hydrogens is 375 g/mol. The summed E-state index contributed by atoms with van der Waals surface area (Å²) in [6.45, 7) is 0. The van der Waals surface area contributed by atoms with Gasteiger partial charge in [-0.1, -0.05) is 18.2 Å². The minimum absolute atomic E-state index is 0.0596. The van der Waals surface area contributed by atoms with Crippen molar-refractivity contribution in [1.29, 1.82) is 0 Å². The smallest absolute Gasteiger partial charge is 0.254 e. The molecule has 0 amide bonds. The number of nitrogens with zero attached hydrogens (tertiary/aromatic N) is 1. The maximum absolute atomic E-state index is 12.9. The van der Waals surface area contributed by atoms with E-state index in [1.807, 2.05) is 0 Å². The Morgan fingerprint density at radius 1 is 1.06 bits per heavy atom. The van der Waals surface area contributed by atoms with E-state index < -0.39 is 11.7 Å². The van der Waals surface area contributed by atoms with E-state index in [4.69, 9.17) is 0 Å². The molecule has 18 heavy (non-hydrogen) atoms. The number of aromatic nitrogens is 1. The quantitative estimate of drug-likeness (QED) is 0.654. The number of halogens is 5. The van der Waals surface area contributed by atoms with Gasteiger partial charge in [-0.3, -0.25) is 4.98 Å². The molecule has 1 aromatic heterocycles. The van der Waals surface area contributed by atoms with Gasteiger partial charge in [0.25, 0.3) is 0 Å². The van der Waals surface area contributed by atoms with Crippen LogP contribution in [0.5, 0.6) is 0 Å². The Morgan fingerprint density at radius 2 is 1.72 bits per heavy atom. The van der Waals surface area contributed by atoms with Crippen LogP contribution in [0.15, 0.2) is 45.5 Å². The zero-order valence-corrected chi connectivity index (χ0v) is 12.0. The van der Waals surface area contributed by atoms with Crippen LogP contribution in [0.3, 0.4) is 0 Å². The second-order valence-corrected chi connectivity index (χ2v) is 5.30. The van der Waals surface area contributed by atoms with Gasteiger partial charge in [-0.2, -0.15) is 13.2 Å². The number of rotatable bonds is 1. The Labute approximate surface area is 118 Å². The minimum Gasteiger partial charge on any atom is -0.254 e. The third-order valence-electron chi connectivity index (χ3n) is 2.30. The zero-order valence-electron chi connectivity index (χ0n) is 8.80. The molecule has 0 radical (unpaired) electrons. The third-order valence-corrected chi connectivity index (χ3v) is 3.33. The molecule has 2 aromatic rings. The first-order valence-corrected chi connectivity index (χ1v) is 6.46. The number of benzene rings is 1. The first-order chi connectivity index (χ1) is 8.39. The molecule has 0 atom stereocenters. The van der Waals surface area contributed by atoms with Crippen molar-refractivity contribution in [2.45, 2.75) is 6.18 Å². The topological polar surface area (TPSA) is 12.9 Å². The van der Waals surface area contributed by atoms with E-state index in [0.717, 1.165) is 6.07 Å². The summed E-state index contributed by atoms with van der Waals surface area (Å²) in [5, 5.41) is 0. The number of hydrogen-bond donors (Lipinski definition) is 0. The van der Waals surface area contributed by atoms with Crippen molar-refractivity contribution >= 4 is 31.9 Å². The average Bonchev–Trinajstić information content (AvgIpc) is 2.28. The lowest BCUT2D eigenvalue weighted by molar-refractivity contribution is -0.137. The second-order valence-electron chi connectivity index (χ2n) is 3.53. The van der Waals surface area contributed by atoms with E-state index in [1.165, 1.54) is 18.3 Å². The summed E-state index contributed by atoms with van der Waals surface area (Å²) in [4.78, 5) is 4.03. The monoisotopic (exact) mass is 379 g/mol. The number of alkyl halides is 3. The van der Waals surface area contributed by atoms with Crippen LogP contribution in [0.1, 0.15) is 5.56 Å². The first-order valence-electron chi connectivity index (χ1n) is 4.87. The standard InChI is InChI=1S/C12H6Br2F3N/c13-7-5-10(14)11(18-6-7)8-3-1-2-4-9(8)12(15,16)17/h1-6H. The highest BCUT2D eigenvalue weighted by Crippen LogP contribution is 2.38. The molecule has 0 saturated heterocycles. The van der Waals surface area contributed by atoms with Crippen molar-refractivity contribution in [2.75, 3.05) is 0 Å². The lowest BCUT2D eigenvalue weighted by Crippen LogP contribution is -2.07. The Balaban J connectivity index is 2.64. The largest absolute Gasteiger partial charge is 0.417 e. The molecule has 0 unspecified atom stereocenters. The van der Waals surface area contributed by atoms with Crippen molar-refractivity contribution in [3.63, 3.8) is 0 Å². The van der Waals surface area contributed by atoms with E-state index in [9.17, 15) is 13.2 Å². The number of pyridine rings is 1. The van der Waals surface area contributed by atoms with Crippen molar-refractivity contribution in [1.82, 2.24) is 4.98 Å². The van der Waals surface area contributed by atoms with Crippen molar-refractivity contribution < 1.29 is 13.2 Å². The SMILES string of the molecule is FC(F)(F)c1ccccc1-c1ncc(Br)cc1Br. The molecule has 0 aliphatic carbocycles. The fourth-order valence-corrected chi connectivity index (χ4v) is 2.75. The van der Waals surface area contributed by atoms with Crippen LogP contribution in [0.25, 0.3) is 11.3 Å². The van der Waals surface area contributed by atoms with Crippen molar-refractivity contribution in [3.8, 4) is 11.3 Å². The summed E-state index contributed by atoms with van der Waals surface area (Å²) in [6.07, 6.45) is -2.93. The van der Waals surface area contributed by atoms with Gasteiger partial charge in [0.15, 0.2) is 0 Å². The first kappa shape index (κ1) is 13.5. The summed E-state index contributed by atoms with van der Waals surface area (Å²) in [5.41, 5.74) is -0.365. The molecule has 2 rings (SSSR count). The summed E-state index contributed by atoms with van der Waals surface area (Å²) >= 11 is 6.44. The van der Waals surface area contributed by atoms with Crippen molar-refractivity contribution in [3.05, 3.63) is 51.0 Å². The Morgan fingerprint density at radius 3 is 2.33 bits per heavy atom. The van der Waals surface area contributed by atoms with Gasteiger partial charge in [-0.15, -0.1) is 0 Å². The second kappa shape index (κ2) is 5.01. The molecule has 0 bridgehead atoms. The van der Waals surface area contributed by atoms with Crippen LogP contribution in [0.2, 0.25) is 0 Å². The van der Waals surface area contributed by atoms with E-state index in [1.54, 1.807) is 12.1 Å². The molecule has 1 heterocycles. The Hall–Kier alpha value is -0.880. The van der Waals surface area contributed by atoms with E-state index in [2.05, 4.69) is 36.8 Å². The molecule has 0 saturated carbocycles. The van der Waals surface area contributed by atoms with Gasteiger partial charge in [0.1, 0.15) is 0 Å². The summed E-state index contributed by atoms with van der Waals surface area (Å²) in [6, 6.07) is 7.03. The fourth-order valence-electron chi connectivity index (χ4n) is 1.55. The summed E-state index contributed by atoms with van der Waals surface area (Å²) in [5.74, 6) is 0. The molecule has 6 heteroatoms.